The maximum absolute atomic E-state index is 13.5. The molecule has 2 aromatic rings. The molecule has 1 aromatic heterocycles. The first-order valence-corrected chi connectivity index (χ1v) is 10.7. The Kier molecular flexibility index (Phi) is 6.01. The number of morpholine rings is 1. The molecule has 6 heteroatoms. The topological polar surface area (TPSA) is 50.6 Å². The average molecular weight is 397 g/mol. The molecule has 0 aliphatic carbocycles. The summed E-state index contributed by atoms with van der Waals surface area (Å²) in [6.45, 7) is 8.40. The average Bonchev–Trinajstić information content (AvgIpc) is 3.16. The van der Waals surface area contributed by atoms with Crippen LogP contribution in [0.15, 0.2) is 30.6 Å². The van der Waals surface area contributed by atoms with E-state index in [-0.39, 0.29) is 18.1 Å². The van der Waals surface area contributed by atoms with Crippen molar-refractivity contribution in [3.8, 4) is 0 Å². The zero-order chi connectivity index (χ0) is 20.4. The van der Waals surface area contributed by atoms with E-state index in [2.05, 4.69) is 23.8 Å². The molecule has 0 unspecified atom stereocenters. The number of benzene rings is 1. The van der Waals surface area contributed by atoms with Crippen LogP contribution in [-0.4, -0.2) is 64.4 Å². The van der Waals surface area contributed by atoms with Gasteiger partial charge in [0, 0.05) is 37.5 Å². The molecule has 3 heterocycles. The Labute approximate surface area is 173 Å². The zero-order valence-electron chi connectivity index (χ0n) is 17.8. The number of rotatable bonds is 4. The van der Waals surface area contributed by atoms with Crippen molar-refractivity contribution >= 4 is 5.91 Å². The standard InChI is InChI=1S/C23H32N4O2/c1-17-7-8-19(13-18(17)2)23(28)27-11-12-29-21(16-26-9-5-4-6-10-26)22(27)20-14-24-25(3)15-20/h7-8,13-15,21-22H,4-6,9-12,16H2,1-3H3/t21-,22-/m0/s1. The van der Waals surface area contributed by atoms with Crippen LogP contribution < -0.4 is 0 Å². The molecule has 0 radical (unpaired) electrons. The summed E-state index contributed by atoms with van der Waals surface area (Å²) in [6, 6.07) is 5.87. The monoisotopic (exact) mass is 396 g/mol. The van der Waals surface area contributed by atoms with Crippen molar-refractivity contribution in [1.82, 2.24) is 19.6 Å². The van der Waals surface area contributed by atoms with Crippen LogP contribution >= 0.6 is 0 Å². The molecule has 2 saturated heterocycles. The van der Waals surface area contributed by atoms with E-state index in [4.69, 9.17) is 4.74 Å². The summed E-state index contributed by atoms with van der Waals surface area (Å²) in [5, 5.41) is 4.37. The minimum Gasteiger partial charge on any atom is -0.373 e. The highest BCUT2D eigenvalue weighted by Gasteiger charge is 2.38. The van der Waals surface area contributed by atoms with E-state index < -0.39 is 0 Å². The van der Waals surface area contributed by atoms with E-state index in [0.717, 1.165) is 36.3 Å². The van der Waals surface area contributed by atoms with Crippen LogP contribution in [0.2, 0.25) is 0 Å². The molecule has 1 aromatic carbocycles. The summed E-state index contributed by atoms with van der Waals surface area (Å²) in [6.07, 6.45) is 7.66. The van der Waals surface area contributed by atoms with Gasteiger partial charge >= 0.3 is 0 Å². The fraction of sp³-hybridized carbons (Fsp3) is 0.565. The Balaban J connectivity index is 1.63. The van der Waals surface area contributed by atoms with Crippen molar-refractivity contribution in [3.63, 3.8) is 0 Å². The van der Waals surface area contributed by atoms with Gasteiger partial charge in [0.2, 0.25) is 0 Å². The molecular formula is C23H32N4O2. The van der Waals surface area contributed by atoms with E-state index in [0.29, 0.717) is 13.2 Å². The third kappa shape index (κ3) is 4.38. The summed E-state index contributed by atoms with van der Waals surface area (Å²) in [5.74, 6) is 0.0777. The van der Waals surface area contributed by atoms with Crippen LogP contribution in [0, 0.1) is 13.8 Å². The number of hydrogen-bond donors (Lipinski definition) is 0. The molecule has 2 atom stereocenters. The minimum atomic E-state index is -0.117. The molecule has 2 aliphatic heterocycles. The fourth-order valence-electron chi connectivity index (χ4n) is 4.54. The van der Waals surface area contributed by atoms with Crippen molar-refractivity contribution in [2.24, 2.45) is 7.05 Å². The lowest BCUT2D eigenvalue weighted by molar-refractivity contribution is -0.0741. The number of carbonyl (C=O) groups is 1. The van der Waals surface area contributed by atoms with Gasteiger partial charge in [0.25, 0.3) is 5.91 Å². The molecule has 156 valence electrons. The molecule has 0 bridgehead atoms. The molecule has 2 aliphatic rings. The van der Waals surface area contributed by atoms with E-state index in [1.54, 1.807) is 4.68 Å². The maximum atomic E-state index is 13.5. The van der Waals surface area contributed by atoms with Crippen LogP contribution in [0.3, 0.4) is 0 Å². The highest BCUT2D eigenvalue weighted by Crippen LogP contribution is 2.32. The second-order valence-electron chi connectivity index (χ2n) is 8.46. The van der Waals surface area contributed by atoms with Gasteiger partial charge in [-0.25, -0.2) is 0 Å². The SMILES string of the molecule is Cc1ccc(C(=O)N2CCO[C@@H](CN3CCCCC3)[C@@H]2c2cnn(C)c2)cc1C. The number of amides is 1. The highest BCUT2D eigenvalue weighted by atomic mass is 16.5. The molecule has 0 N–H and O–H groups in total. The smallest absolute Gasteiger partial charge is 0.254 e. The lowest BCUT2D eigenvalue weighted by Crippen LogP contribution is -2.52. The van der Waals surface area contributed by atoms with Gasteiger partial charge in [-0.15, -0.1) is 0 Å². The predicted octanol–water partition coefficient (Wildman–Crippen LogP) is 3.11. The summed E-state index contributed by atoms with van der Waals surface area (Å²) in [5.41, 5.74) is 4.15. The number of likely N-dealkylation sites (tertiary alicyclic amines) is 1. The number of nitrogens with zero attached hydrogens (tertiary/aromatic N) is 4. The summed E-state index contributed by atoms with van der Waals surface area (Å²) < 4.78 is 8.05. The number of carbonyl (C=O) groups excluding carboxylic acids is 1. The number of aromatic nitrogens is 2. The molecular weight excluding hydrogens is 364 g/mol. The third-order valence-corrected chi connectivity index (χ3v) is 6.32. The summed E-state index contributed by atoms with van der Waals surface area (Å²) in [4.78, 5) is 18.0. The highest BCUT2D eigenvalue weighted by molar-refractivity contribution is 5.95. The summed E-state index contributed by atoms with van der Waals surface area (Å²) in [7, 11) is 1.92. The van der Waals surface area contributed by atoms with Crippen molar-refractivity contribution < 1.29 is 9.53 Å². The Hall–Kier alpha value is -2.18. The van der Waals surface area contributed by atoms with Crippen molar-refractivity contribution in [2.45, 2.75) is 45.3 Å². The van der Waals surface area contributed by atoms with Gasteiger partial charge in [-0.1, -0.05) is 12.5 Å². The Morgan fingerprint density at radius 1 is 1.14 bits per heavy atom. The van der Waals surface area contributed by atoms with Gasteiger partial charge in [-0.2, -0.15) is 5.10 Å². The van der Waals surface area contributed by atoms with Crippen LogP contribution in [0.5, 0.6) is 0 Å². The third-order valence-electron chi connectivity index (χ3n) is 6.32. The van der Waals surface area contributed by atoms with Crippen LogP contribution in [0.1, 0.15) is 52.4 Å². The second kappa shape index (κ2) is 8.67. The van der Waals surface area contributed by atoms with Crippen LogP contribution in [0.4, 0.5) is 0 Å². The molecule has 29 heavy (non-hydrogen) atoms. The van der Waals surface area contributed by atoms with Crippen molar-refractivity contribution in [1.29, 1.82) is 0 Å². The normalized spacial score (nSPS) is 23.3. The molecule has 2 fully saturated rings. The number of aryl methyl sites for hydroxylation is 3. The lowest BCUT2D eigenvalue weighted by Gasteiger charge is -2.43. The van der Waals surface area contributed by atoms with Gasteiger partial charge in [-0.05, 0) is 63.0 Å². The predicted molar refractivity (Wildman–Crippen MR) is 113 cm³/mol. The van der Waals surface area contributed by atoms with E-state index in [1.807, 2.05) is 42.5 Å². The van der Waals surface area contributed by atoms with Crippen molar-refractivity contribution in [2.75, 3.05) is 32.8 Å². The molecule has 4 rings (SSSR count). The molecule has 6 nitrogen and oxygen atoms in total. The van der Waals surface area contributed by atoms with Crippen LogP contribution in [0.25, 0.3) is 0 Å². The van der Waals surface area contributed by atoms with Gasteiger partial charge in [-0.3, -0.25) is 9.48 Å². The van der Waals surface area contributed by atoms with E-state index >= 15 is 0 Å². The molecule has 0 saturated carbocycles. The Bertz CT molecular complexity index is 856. The first-order chi connectivity index (χ1) is 14.0. The van der Waals surface area contributed by atoms with Gasteiger partial charge in [0.15, 0.2) is 0 Å². The summed E-state index contributed by atoms with van der Waals surface area (Å²) >= 11 is 0. The molecule has 0 spiro atoms. The fourth-order valence-corrected chi connectivity index (χ4v) is 4.54. The van der Waals surface area contributed by atoms with Gasteiger partial charge in [0.1, 0.15) is 0 Å². The first-order valence-electron chi connectivity index (χ1n) is 10.7. The first kappa shape index (κ1) is 20.1. The van der Waals surface area contributed by atoms with Crippen molar-refractivity contribution in [3.05, 3.63) is 52.8 Å². The Morgan fingerprint density at radius 2 is 1.93 bits per heavy atom. The largest absolute Gasteiger partial charge is 0.373 e. The van der Waals surface area contributed by atoms with Gasteiger partial charge in [0.05, 0.1) is 24.9 Å². The second-order valence-corrected chi connectivity index (χ2v) is 8.46. The van der Waals surface area contributed by atoms with E-state index in [1.165, 1.54) is 24.8 Å². The maximum Gasteiger partial charge on any atom is 0.254 e. The number of hydrogen-bond acceptors (Lipinski definition) is 4. The van der Waals surface area contributed by atoms with Gasteiger partial charge < -0.3 is 14.5 Å². The van der Waals surface area contributed by atoms with E-state index in [9.17, 15) is 4.79 Å². The Morgan fingerprint density at radius 3 is 2.62 bits per heavy atom. The quantitative estimate of drug-likeness (QED) is 0.797. The molecule has 1 amide bonds. The lowest BCUT2D eigenvalue weighted by atomic mass is 9.97. The number of ether oxygens (including phenoxy) is 1. The van der Waals surface area contributed by atoms with Crippen LogP contribution in [-0.2, 0) is 11.8 Å². The number of piperidine rings is 1. The zero-order valence-corrected chi connectivity index (χ0v) is 17.8. The minimum absolute atomic E-state index is 0.0402.